The second kappa shape index (κ2) is 4.18. The normalized spacial score (nSPS) is 14.4. The lowest BCUT2D eigenvalue weighted by atomic mass is 10.2. The number of hydrogen-bond donors (Lipinski definition) is 1. The number of fused-ring (bicyclic) bond motifs is 1. The van der Waals surface area contributed by atoms with Gasteiger partial charge in [-0.3, -0.25) is 0 Å². The van der Waals surface area contributed by atoms with Crippen LogP contribution in [0.3, 0.4) is 0 Å². The molecule has 0 bridgehead atoms. The van der Waals surface area contributed by atoms with Crippen LogP contribution in [0.2, 0.25) is 0 Å². The van der Waals surface area contributed by atoms with E-state index in [-0.39, 0.29) is 0 Å². The van der Waals surface area contributed by atoms with Crippen LogP contribution in [0.25, 0.3) is 0 Å². The maximum Gasteiger partial charge on any atom is 0.0605 e. The minimum absolute atomic E-state index is 1.02. The average Bonchev–Trinajstić information content (AvgIpc) is 2.82. The summed E-state index contributed by atoms with van der Waals surface area (Å²) in [5.41, 5.74) is 2.58. The van der Waals surface area contributed by atoms with E-state index in [1.54, 1.807) is 0 Å². The van der Waals surface area contributed by atoms with Gasteiger partial charge in [0.2, 0.25) is 0 Å². The van der Waals surface area contributed by atoms with E-state index in [0.717, 1.165) is 19.6 Å². The zero-order chi connectivity index (χ0) is 10.8. The molecule has 2 heterocycles. The lowest BCUT2D eigenvalue weighted by Crippen LogP contribution is -2.33. The van der Waals surface area contributed by atoms with Gasteiger partial charge in [0.05, 0.1) is 17.9 Å². The van der Waals surface area contributed by atoms with Gasteiger partial charge in [0.25, 0.3) is 0 Å². The topological polar surface area (TPSA) is 15.3 Å². The number of thiophene rings is 1. The largest absolute Gasteiger partial charge is 0.382 e. The van der Waals surface area contributed by atoms with E-state index < -0.39 is 0 Å². The van der Waals surface area contributed by atoms with Crippen molar-refractivity contribution >= 4 is 22.7 Å². The van der Waals surface area contributed by atoms with Crippen LogP contribution in [-0.4, -0.2) is 13.1 Å². The summed E-state index contributed by atoms with van der Waals surface area (Å²) >= 11 is 1.83. The Labute approximate surface area is 99.5 Å². The first-order valence-electron chi connectivity index (χ1n) is 5.54. The van der Waals surface area contributed by atoms with Gasteiger partial charge in [-0.15, -0.1) is 11.3 Å². The molecule has 0 saturated heterocycles. The third-order valence-electron chi connectivity index (χ3n) is 2.87. The molecule has 1 aromatic carbocycles. The molecule has 0 aliphatic carbocycles. The Bertz CT molecular complexity index is 465. The smallest absolute Gasteiger partial charge is 0.0605 e. The summed E-state index contributed by atoms with van der Waals surface area (Å²) in [6, 6.07) is 12.8. The summed E-state index contributed by atoms with van der Waals surface area (Å²) in [6.45, 7) is 3.13. The van der Waals surface area contributed by atoms with Crippen LogP contribution in [0.15, 0.2) is 41.8 Å². The molecule has 0 spiro atoms. The minimum Gasteiger partial charge on any atom is -0.382 e. The molecule has 2 aromatic rings. The first kappa shape index (κ1) is 9.73. The summed E-state index contributed by atoms with van der Waals surface area (Å²) in [4.78, 5) is 3.87. The Balaban J connectivity index is 1.87. The van der Waals surface area contributed by atoms with Gasteiger partial charge in [-0.05, 0) is 23.6 Å². The van der Waals surface area contributed by atoms with Crippen molar-refractivity contribution in [1.29, 1.82) is 0 Å². The van der Waals surface area contributed by atoms with E-state index in [1.807, 2.05) is 11.3 Å². The van der Waals surface area contributed by atoms with E-state index in [0.29, 0.717) is 0 Å². The number of rotatable bonds is 2. The van der Waals surface area contributed by atoms with Crippen LogP contribution in [-0.2, 0) is 6.54 Å². The van der Waals surface area contributed by atoms with Crippen LogP contribution in [0.5, 0.6) is 0 Å². The molecule has 3 rings (SSSR count). The zero-order valence-electron chi connectivity index (χ0n) is 9.02. The van der Waals surface area contributed by atoms with E-state index in [4.69, 9.17) is 0 Å². The summed E-state index contributed by atoms with van der Waals surface area (Å²) in [7, 11) is 0. The summed E-state index contributed by atoms with van der Waals surface area (Å²) in [6.07, 6.45) is 0. The second-order valence-corrected chi connectivity index (χ2v) is 4.98. The Morgan fingerprint density at radius 2 is 2.12 bits per heavy atom. The highest BCUT2D eigenvalue weighted by Crippen LogP contribution is 2.30. The third-order valence-corrected chi connectivity index (χ3v) is 3.73. The van der Waals surface area contributed by atoms with E-state index in [9.17, 15) is 0 Å². The van der Waals surface area contributed by atoms with Crippen molar-refractivity contribution in [2.24, 2.45) is 0 Å². The van der Waals surface area contributed by atoms with E-state index in [2.05, 4.69) is 52.0 Å². The molecular weight excluding hydrogens is 216 g/mol. The highest BCUT2D eigenvalue weighted by molar-refractivity contribution is 7.09. The predicted molar refractivity (Wildman–Crippen MR) is 70.3 cm³/mol. The SMILES string of the molecule is c1csc(CN2CCNc3ccccc32)c1. The Hall–Kier alpha value is -1.48. The molecule has 0 amide bonds. The van der Waals surface area contributed by atoms with E-state index in [1.165, 1.54) is 16.3 Å². The van der Waals surface area contributed by atoms with Gasteiger partial charge in [-0.25, -0.2) is 0 Å². The van der Waals surface area contributed by atoms with Crippen molar-refractivity contribution in [1.82, 2.24) is 0 Å². The fourth-order valence-electron chi connectivity index (χ4n) is 2.10. The van der Waals surface area contributed by atoms with Crippen LogP contribution in [0.4, 0.5) is 11.4 Å². The number of anilines is 2. The number of hydrogen-bond acceptors (Lipinski definition) is 3. The van der Waals surface area contributed by atoms with Crippen molar-refractivity contribution < 1.29 is 0 Å². The van der Waals surface area contributed by atoms with Crippen molar-refractivity contribution in [2.45, 2.75) is 6.54 Å². The zero-order valence-corrected chi connectivity index (χ0v) is 9.83. The Morgan fingerprint density at radius 3 is 3.00 bits per heavy atom. The van der Waals surface area contributed by atoms with Crippen molar-refractivity contribution in [3.63, 3.8) is 0 Å². The molecule has 0 unspecified atom stereocenters. The molecule has 2 nitrogen and oxygen atoms in total. The molecule has 0 fully saturated rings. The maximum absolute atomic E-state index is 3.43. The van der Waals surface area contributed by atoms with Gasteiger partial charge in [0.15, 0.2) is 0 Å². The maximum atomic E-state index is 3.43. The quantitative estimate of drug-likeness (QED) is 0.852. The monoisotopic (exact) mass is 230 g/mol. The molecule has 0 radical (unpaired) electrons. The van der Waals surface area contributed by atoms with Crippen LogP contribution < -0.4 is 10.2 Å². The van der Waals surface area contributed by atoms with E-state index >= 15 is 0 Å². The first-order valence-corrected chi connectivity index (χ1v) is 6.42. The van der Waals surface area contributed by atoms with Crippen LogP contribution in [0.1, 0.15) is 4.88 Å². The summed E-state index contributed by atoms with van der Waals surface area (Å²) in [5, 5.41) is 5.58. The standard InChI is InChI=1S/C13H14N2S/c1-2-6-13-12(5-1)14-7-8-15(13)10-11-4-3-9-16-11/h1-6,9,14H,7-8,10H2. The molecule has 3 heteroatoms. The first-order chi connectivity index (χ1) is 7.93. The van der Waals surface area contributed by atoms with Gasteiger partial charge < -0.3 is 10.2 Å². The molecule has 1 aliphatic rings. The molecule has 16 heavy (non-hydrogen) atoms. The van der Waals surface area contributed by atoms with Gasteiger partial charge in [-0.2, -0.15) is 0 Å². The highest BCUT2D eigenvalue weighted by atomic mass is 32.1. The molecular formula is C13H14N2S. The number of nitrogens with zero attached hydrogens (tertiary/aromatic N) is 1. The van der Waals surface area contributed by atoms with Gasteiger partial charge >= 0.3 is 0 Å². The summed E-state index contributed by atoms with van der Waals surface area (Å²) < 4.78 is 0. The van der Waals surface area contributed by atoms with Crippen LogP contribution in [0, 0.1) is 0 Å². The molecule has 0 saturated carbocycles. The van der Waals surface area contributed by atoms with Crippen molar-refractivity contribution in [3.8, 4) is 0 Å². The lowest BCUT2D eigenvalue weighted by Gasteiger charge is -2.31. The fourth-order valence-corrected chi connectivity index (χ4v) is 2.82. The molecule has 1 aliphatic heterocycles. The summed E-state index contributed by atoms with van der Waals surface area (Å²) in [5.74, 6) is 0. The highest BCUT2D eigenvalue weighted by Gasteiger charge is 2.15. The van der Waals surface area contributed by atoms with Crippen LogP contribution >= 0.6 is 11.3 Å². The Kier molecular flexibility index (Phi) is 2.54. The number of benzene rings is 1. The fraction of sp³-hybridized carbons (Fsp3) is 0.231. The molecule has 1 aromatic heterocycles. The predicted octanol–water partition coefficient (Wildman–Crippen LogP) is 3.18. The minimum atomic E-state index is 1.02. The number of nitrogens with one attached hydrogen (secondary N) is 1. The van der Waals surface area contributed by atoms with Crippen molar-refractivity contribution in [3.05, 3.63) is 46.7 Å². The van der Waals surface area contributed by atoms with Gasteiger partial charge in [0, 0.05) is 18.0 Å². The Morgan fingerprint density at radius 1 is 1.19 bits per heavy atom. The average molecular weight is 230 g/mol. The van der Waals surface area contributed by atoms with Gasteiger partial charge in [0.1, 0.15) is 0 Å². The number of para-hydroxylation sites is 2. The molecule has 82 valence electrons. The lowest BCUT2D eigenvalue weighted by molar-refractivity contribution is 0.795. The second-order valence-electron chi connectivity index (χ2n) is 3.94. The molecule has 0 atom stereocenters. The van der Waals surface area contributed by atoms with Crippen molar-refractivity contribution in [2.75, 3.05) is 23.3 Å². The third kappa shape index (κ3) is 1.78. The van der Waals surface area contributed by atoms with Gasteiger partial charge in [-0.1, -0.05) is 18.2 Å². The molecule has 1 N–H and O–H groups in total.